The predicted octanol–water partition coefficient (Wildman–Crippen LogP) is 5.85. The number of hydrogen-bond donors (Lipinski definition) is 0. The van der Waals surface area contributed by atoms with Crippen molar-refractivity contribution in [3.05, 3.63) is 0 Å². The van der Waals surface area contributed by atoms with Crippen molar-refractivity contribution in [3.63, 3.8) is 0 Å². The minimum absolute atomic E-state index is 0.858. The minimum Gasteiger partial charge on any atom is -0.0533 e. The zero-order valence-corrected chi connectivity index (χ0v) is 11.1. The SMILES string of the molecule is C1CCC2(CC1)CCCCC2.C1CCCC1. The van der Waals surface area contributed by atoms with Crippen LogP contribution in [0.1, 0.15) is 96.3 Å². The molecule has 0 heteroatoms. The third-order valence-corrected chi connectivity index (χ3v) is 5.08. The Morgan fingerprint density at radius 2 is 0.562 bits per heavy atom. The van der Waals surface area contributed by atoms with E-state index in [-0.39, 0.29) is 0 Å². The van der Waals surface area contributed by atoms with E-state index in [0.29, 0.717) is 0 Å². The Morgan fingerprint density at radius 1 is 0.312 bits per heavy atom. The molecule has 94 valence electrons. The summed E-state index contributed by atoms with van der Waals surface area (Å²) in [6.45, 7) is 0. The van der Waals surface area contributed by atoms with Crippen molar-refractivity contribution < 1.29 is 0 Å². The first-order chi connectivity index (χ1) is 7.91. The van der Waals surface area contributed by atoms with Crippen LogP contribution in [-0.2, 0) is 0 Å². The highest BCUT2D eigenvalue weighted by atomic mass is 14.4. The first kappa shape index (κ1) is 12.5. The van der Waals surface area contributed by atoms with E-state index in [1.165, 1.54) is 70.6 Å². The molecular formula is C16H30. The summed E-state index contributed by atoms with van der Waals surface area (Å²) in [4.78, 5) is 0. The second-order valence-electron chi connectivity index (χ2n) is 6.39. The molecule has 0 atom stereocenters. The summed E-state index contributed by atoms with van der Waals surface area (Å²) >= 11 is 0. The normalized spacial score (nSPS) is 28.5. The lowest BCUT2D eigenvalue weighted by Gasteiger charge is -2.40. The fourth-order valence-electron chi connectivity index (χ4n) is 3.99. The van der Waals surface area contributed by atoms with Crippen molar-refractivity contribution in [3.8, 4) is 0 Å². The summed E-state index contributed by atoms with van der Waals surface area (Å²) in [5.41, 5.74) is 0.858. The molecule has 0 aromatic heterocycles. The van der Waals surface area contributed by atoms with E-state index in [2.05, 4.69) is 0 Å². The standard InChI is InChI=1S/C11H20.C5H10/c1-3-7-11(8-4-1)9-5-2-6-10-11;1-2-4-5-3-1/h1-10H2;1-5H2. The topological polar surface area (TPSA) is 0 Å². The number of hydrogen-bond acceptors (Lipinski definition) is 0. The summed E-state index contributed by atoms with van der Waals surface area (Å²) in [6, 6.07) is 0. The molecule has 1 spiro atoms. The van der Waals surface area contributed by atoms with Crippen LogP contribution >= 0.6 is 0 Å². The molecule has 0 amide bonds. The average molecular weight is 222 g/mol. The van der Waals surface area contributed by atoms with Gasteiger partial charge in [-0.25, -0.2) is 0 Å². The Hall–Kier alpha value is 0. The maximum Gasteiger partial charge on any atom is -0.0297 e. The molecule has 0 nitrogen and oxygen atoms in total. The molecule has 3 saturated carbocycles. The van der Waals surface area contributed by atoms with Gasteiger partial charge in [0.2, 0.25) is 0 Å². The van der Waals surface area contributed by atoms with Gasteiger partial charge < -0.3 is 0 Å². The molecule has 3 fully saturated rings. The van der Waals surface area contributed by atoms with E-state index >= 15 is 0 Å². The summed E-state index contributed by atoms with van der Waals surface area (Å²) in [5.74, 6) is 0. The average Bonchev–Trinajstić information content (AvgIpc) is 2.90. The van der Waals surface area contributed by atoms with Crippen LogP contribution in [0.15, 0.2) is 0 Å². The maximum atomic E-state index is 1.56. The van der Waals surface area contributed by atoms with Crippen molar-refractivity contribution in [1.29, 1.82) is 0 Å². The lowest BCUT2D eigenvalue weighted by Crippen LogP contribution is -2.26. The molecule has 0 aromatic rings. The Bertz CT molecular complexity index is 139. The highest BCUT2D eigenvalue weighted by Crippen LogP contribution is 2.47. The van der Waals surface area contributed by atoms with Gasteiger partial charge in [-0.05, 0) is 31.1 Å². The van der Waals surface area contributed by atoms with Crippen LogP contribution in [0.5, 0.6) is 0 Å². The van der Waals surface area contributed by atoms with Gasteiger partial charge in [-0.15, -0.1) is 0 Å². The molecule has 0 bridgehead atoms. The monoisotopic (exact) mass is 222 g/mol. The Kier molecular flexibility index (Phi) is 5.19. The van der Waals surface area contributed by atoms with E-state index in [1.807, 2.05) is 0 Å². The molecule has 3 aliphatic carbocycles. The van der Waals surface area contributed by atoms with Gasteiger partial charge in [0.05, 0.1) is 0 Å². The third kappa shape index (κ3) is 3.79. The van der Waals surface area contributed by atoms with Gasteiger partial charge in [-0.3, -0.25) is 0 Å². The molecule has 0 N–H and O–H groups in total. The van der Waals surface area contributed by atoms with Gasteiger partial charge in [0.1, 0.15) is 0 Å². The zero-order chi connectivity index (χ0) is 11.1. The molecule has 0 heterocycles. The molecule has 3 aliphatic rings. The zero-order valence-electron chi connectivity index (χ0n) is 11.1. The Morgan fingerprint density at radius 3 is 0.875 bits per heavy atom. The van der Waals surface area contributed by atoms with Crippen molar-refractivity contribution in [2.45, 2.75) is 96.3 Å². The third-order valence-electron chi connectivity index (χ3n) is 5.08. The van der Waals surface area contributed by atoms with Crippen LogP contribution in [0.2, 0.25) is 0 Å². The van der Waals surface area contributed by atoms with Crippen LogP contribution in [0.25, 0.3) is 0 Å². The van der Waals surface area contributed by atoms with Gasteiger partial charge >= 0.3 is 0 Å². The second-order valence-corrected chi connectivity index (χ2v) is 6.39. The van der Waals surface area contributed by atoms with Crippen molar-refractivity contribution in [2.24, 2.45) is 5.41 Å². The molecular weight excluding hydrogens is 192 g/mol. The van der Waals surface area contributed by atoms with E-state index < -0.39 is 0 Å². The van der Waals surface area contributed by atoms with Crippen molar-refractivity contribution >= 4 is 0 Å². The van der Waals surface area contributed by atoms with E-state index in [1.54, 1.807) is 25.7 Å². The van der Waals surface area contributed by atoms with E-state index in [0.717, 1.165) is 5.41 Å². The predicted molar refractivity (Wildman–Crippen MR) is 71.7 cm³/mol. The molecule has 0 unspecified atom stereocenters. The van der Waals surface area contributed by atoms with Gasteiger partial charge in [0, 0.05) is 0 Å². The van der Waals surface area contributed by atoms with E-state index in [4.69, 9.17) is 0 Å². The molecule has 0 aromatic carbocycles. The summed E-state index contributed by atoms with van der Waals surface area (Å²) < 4.78 is 0. The van der Waals surface area contributed by atoms with Crippen LogP contribution < -0.4 is 0 Å². The molecule has 0 saturated heterocycles. The minimum atomic E-state index is 0.858. The van der Waals surface area contributed by atoms with Crippen molar-refractivity contribution in [1.82, 2.24) is 0 Å². The van der Waals surface area contributed by atoms with Crippen molar-refractivity contribution in [2.75, 3.05) is 0 Å². The van der Waals surface area contributed by atoms with Crippen LogP contribution in [0.4, 0.5) is 0 Å². The van der Waals surface area contributed by atoms with Gasteiger partial charge in [-0.1, -0.05) is 70.6 Å². The molecule has 0 radical (unpaired) electrons. The molecule has 16 heavy (non-hydrogen) atoms. The van der Waals surface area contributed by atoms with Crippen LogP contribution in [0.3, 0.4) is 0 Å². The highest BCUT2D eigenvalue weighted by Gasteiger charge is 2.32. The second kappa shape index (κ2) is 6.67. The summed E-state index contributed by atoms with van der Waals surface area (Å²) in [5, 5.41) is 0. The Labute approximate surface area is 102 Å². The smallest absolute Gasteiger partial charge is 0.0297 e. The van der Waals surface area contributed by atoms with Gasteiger partial charge in [0.15, 0.2) is 0 Å². The van der Waals surface area contributed by atoms with Gasteiger partial charge in [-0.2, -0.15) is 0 Å². The summed E-state index contributed by atoms with van der Waals surface area (Å²) in [7, 11) is 0. The quantitative estimate of drug-likeness (QED) is 0.482. The first-order valence-electron chi connectivity index (χ1n) is 7.91. The fraction of sp³-hybridized carbons (Fsp3) is 1.00. The summed E-state index contributed by atoms with van der Waals surface area (Å²) in [6.07, 6.45) is 22.9. The first-order valence-corrected chi connectivity index (χ1v) is 7.91. The highest BCUT2D eigenvalue weighted by molar-refractivity contribution is 4.85. The van der Waals surface area contributed by atoms with E-state index in [9.17, 15) is 0 Å². The molecule has 0 aliphatic heterocycles. The van der Waals surface area contributed by atoms with Crippen LogP contribution in [-0.4, -0.2) is 0 Å². The van der Waals surface area contributed by atoms with Gasteiger partial charge in [0.25, 0.3) is 0 Å². The maximum absolute atomic E-state index is 1.56. The lowest BCUT2D eigenvalue weighted by molar-refractivity contribution is 0.124. The molecule has 3 rings (SSSR count). The lowest BCUT2D eigenvalue weighted by atomic mass is 9.65. The Balaban J connectivity index is 0.000000162. The van der Waals surface area contributed by atoms with Crippen LogP contribution in [0, 0.1) is 5.41 Å². The fourth-order valence-corrected chi connectivity index (χ4v) is 3.99. The number of rotatable bonds is 0. The largest absolute Gasteiger partial charge is 0.0533 e.